The molecule has 2 aromatic carbocycles. The van der Waals surface area contributed by atoms with Crippen molar-refractivity contribution in [2.75, 3.05) is 0 Å². The first kappa shape index (κ1) is 14.5. The highest BCUT2D eigenvalue weighted by atomic mass is 19.1. The van der Waals surface area contributed by atoms with Crippen LogP contribution in [0.1, 0.15) is 5.56 Å². The lowest BCUT2D eigenvalue weighted by molar-refractivity contribution is 0.630. The van der Waals surface area contributed by atoms with Crippen molar-refractivity contribution in [3.63, 3.8) is 0 Å². The van der Waals surface area contributed by atoms with Gasteiger partial charge in [-0.25, -0.2) is 19.3 Å². The highest BCUT2D eigenvalue weighted by molar-refractivity contribution is 5.79. The minimum Gasteiger partial charge on any atom is -0.244 e. The topological polar surface area (TPSA) is 38.7 Å². The Morgan fingerprint density at radius 1 is 0.833 bits per heavy atom. The molecule has 2 heterocycles. The van der Waals surface area contributed by atoms with E-state index in [0.717, 1.165) is 16.5 Å². The van der Waals surface area contributed by atoms with Crippen molar-refractivity contribution in [2.24, 2.45) is 0 Å². The summed E-state index contributed by atoms with van der Waals surface area (Å²) in [5, 5.41) is 0.975. The van der Waals surface area contributed by atoms with E-state index in [9.17, 15) is 4.39 Å². The van der Waals surface area contributed by atoms with E-state index in [0.29, 0.717) is 22.8 Å². The lowest BCUT2D eigenvalue weighted by atomic mass is 10.1. The molecular formula is C20H14FN3. The van der Waals surface area contributed by atoms with Crippen LogP contribution in [0.15, 0.2) is 66.9 Å². The molecule has 24 heavy (non-hydrogen) atoms. The maximum atomic E-state index is 14.1. The molecule has 116 valence electrons. The van der Waals surface area contributed by atoms with Crippen LogP contribution in [0.25, 0.3) is 33.7 Å². The predicted octanol–water partition coefficient (Wildman–Crippen LogP) is 4.81. The van der Waals surface area contributed by atoms with E-state index in [4.69, 9.17) is 0 Å². The van der Waals surface area contributed by atoms with Crippen LogP contribution in [0.3, 0.4) is 0 Å². The SMILES string of the molecule is Cc1ccc(-c2ncc3ccccc3n2)nc1-c1ccccc1F. The number of para-hydroxylation sites is 1. The van der Waals surface area contributed by atoms with Crippen molar-refractivity contribution in [3.05, 3.63) is 78.2 Å². The molecule has 0 radical (unpaired) electrons. The van der Waals surface area contributed by atoms with Gasteiger partial charge in [-0.05, 0) is 36.8 Å². The van der Waals surface area contributed by atoms with E-state index in [-0.39, 0.29) is 5.82 Å². The Bertz CT molecular complexity index is 1040. The van der Waals surface area contributed by atoms with Crippen LogP contribution in [-0.4, -0.2) is 15.0 Å². The smallest absolute Gasteiger partial charge is 0.178 e. The second-order valence-corrected chi connectivity index (χ2v) is 5.59. The fourth-order valence-corrected chi connectivity index (χ4v) is 2.67. The molecule has 0 unspecified atom stereocenters. The number of benzene rings is 2. The summed E-state index contributed by atoms with van der Waals surface area (Å²) >= 11 is 0. The average molecular weight is 315 g/mol. The van der Waals surface area contributed by atoms with Gasteiger partial charge in [-0.2, -0.15) is 0 Å². The molecule has 0 atom stereocenters. The highest BCUT2D eigenvalue weighted by Gasteiger charge is 2.12. The molecule has 3 nitrogen and oxygen atoms in total. The molecule has 4 rings (SSSR count). The molecule has 4 aromatic rings. The van der Waals surface area contributed by atoms with Gasteiger partial charge in [0.05, 0.1) is 11.2 Å². The van der Waals surface area contributed by atoms with Crippen LogP contribution in [0, 0.1) is 12.7 Å². The number of rotatable bonds is 2. The number of hydrogen-bond acceptors (Lipinski definition) is 3. The van der Waals surface area contributed by atoms with Gasteiger partial charge < -0.3 is 0 Å². The molecule has 4 heteroatoms. The fraction of sp³-hybridized carbons (Fsp3) is 0.0500. The van der Waals surface area contributed by atoms with Crippen molar-refractivity contribution in [3.8, 4) is 22.8 Å². The molecule has 0 aliphatic rings. The molecular weight excluding hydrogens is 301 g/mol. The van der Waals surface area contributed by atoms with Crippen LogP contribution in [-0.2, 0) is 0 Å². The lowest BCUT2D eigenvalue weighted by Gasteiger charge is -2.09. The van der Waals surface area contributed by atoms with Gasteiger partial charge >= 0.3 is 0 Å². The molecule has 0 aliphatic carbocycles. The third kappa shape index (κ3) is 2.52. The zero-order chi connectivity index (χ0) is 16.5. The fourth-order valence-electron chi connectivity index (χ4n) is 2.67. The first-order chi connectivity index (χ1) is 11.7. The second-order valence-electron chi connectivity index (χ2n) is 5.59. The summed E-state index contributed by atoms with van der Waals surface area (Å²) in [5.74, 6) is 0.246. The molecule has 0 saturated heterocycles. The van der Waals surface area contributed by atoms with Crippen LogP contribution in [0.4, 0.5) is 4.39 Å². The molecule has 0 N–H and O–H groups in total. The van der Waals surface area contributed by atoms with E-state index < -0.39 is 0 Å². The quantitative estimate of drug-likeness (QED) is 0.533. The zero-order valence-corrected chi connectivity index (χ0v) is 13.1. The molecule has 0 aliphatic heterocycles. The maximum absolute atomic E-state index is 14.1. The minimum absolute atomic E-state index is 0.287. The summed E-state index contributed by atoms with van der Waals surface area (Å²) in [6.45, 7) is 1.92. The van der Waals surface area contributed by atoms with Crippen LogP contribution >= 0.6 is 0 Å². The Balaban J connectivity index is 1.87. The summed E-state index contributed by atoms with van der Waals surface area (Å²) < 4.78 is 14.1. The Labute approximate surface area is 138 Å². The van der Waals surface area contributed by atoms with Gasteiger partial charge in [0.1, 0.15) is 11.5 Å². The maximum Gasteiger partial charge on any atom is 0.178 e. The average Bonchev–Trinajstić information content (AvgIpc) is 2.62. The summed E-state index contributed by atoms with van der Waals surface area (Å²) in [6.07, 6.45) is 1.78. The number of fused-ring (bicyclic) bond motifs is 1. The third-order valence-corrected chi connectivity index (χ3v) is 3.94. The molecule has 0 saturated carbocycles. The molecule has 2 aromatic heterocycles. The number of halogens is 1. The van der Waals surface area contributed by atoms with E-state index in [1.54, 1.807) is 24.4 Å². The number of hydrogen-bond donors (Lipinski definition) is 0. The predicted molar refractivity (Wildman–Crippen MR) is 92.9 cm³/mol. The van der Waals surface area contributed by atoms with Gasteiger partial charge in [0.15, 0.2) is 5.82 Å². The summed E-state index contributed by atoms with van der Waals surface area (Å²) in [4.78, 5) is 13.6. The standard InChI is InChI=1S/C20H14FN3/c1-13-10-11-18(23-19(13)15-7-3-4-8-16(15)21)20-22-12-14-6-2-5-9-17(14)24-20/h2-12H,1H3. The normalized spacial score (nSPS) is 10.9. The number of aryl methyl sites for hydroxylation is 1. The second kappa shape index (κ2) is 5.81. The van der Waals surface area contributed by atoms with Crippen molar-refractivity contribution >= 4 is 10.9 Å². The third-order valence-electron chi connectivity index (χ3n) is 3.94. The van der Waals surface area contributed by atoms with Crippen molar-refractivity contribution in [1.29, 1.82) is 0 Å². The first-order valence-corrected chi connectivity index (χ1v) is 7.67. The van der Waals surface area contributed by atoms with Crippen LogP contribution < -0.4 is 0 Å². The van der Waals surface area contributed by atoms with E-state index in [1.165, 1.54) is 6.07 Å². The van der Waals surface area contributed by atoms with Crippen LogP contribution in [0.2, 0.25) is 0 Å². The summed E-state index contributed by atoms with van der Waals surface area (Å²) in [7, 11) is 0. The van der Waals surface area contributed by atoms with Gasteiger partial charge in [-0.15, -0.1) is 0 Å². The number of nitrogens with zero attached hydrogens (tertiary/aromatic N) is 3. The van der Waals surface area contributed by atoms with Gasteiger partial charge in [0, 0.05) is 17.1 Å². The van der Waals surface area contributed by atoms with Gasteiger partial charge in [0.25, 0.3) is 0 Å². The molecule has 0 amide bonds. The first-order valence-electron chi connectivity index (χ1n) is 7.67. The zero-order valence-electron chi connectivity index (χ0n) is 13.1. The van der Waals surface area contributed by atoms with Gasteiger partial charge in [-0.3, -0.25) is 0 Å². The summed E-state index contributed by atoms with van der Waals surface area (Å²) in [6, 6.07) is 18.2. The van der Waals surface area contributed by atoms with Gasteiger partial charge in [-0.1, -0.05) is 36.4 Å². The number of pyridine rings is 1. The highest BCUT2D eigenvalue weighted by Crippen LogP contribution is 2.27. The Morgan fingerprint density at radius 3 is 2.50 bits per heavy atom. The van der Waals surface area contributed by atoms with Crippen molar-refractivity contribution < 1.29 is 4.39 Å². The van der Waals surface area contributed by atoms with Crippen LogP contribution in [0.5, 0.6) is 0 Å². The molecule has 0 bridgehead atoms. The minimum atomic E-state index is -0.287. The van der Waals surface area contributed by atoms with Gasteiger partial charge in [0.2, 0.25) is 0 Å². The lowest BCUT2D eigenvalue weighted by Crippen LogP contribution is -1.97. The Kier molecular flexibility index (Phi) is 3.50. The summed E-state index contributed by atoms with van der Waals surface area (Å²) in [5.41, 5.74) is 3.49. The Hall–Kier alpha value is -3.14. The van der Waals surface area contributed by atoms with E-state index in [1.807, 2.05) is 43.3 Å². The number of aromatic nitrogens is 3. The monoisotopic (exact) mass is 315 g/mol. The Morgan fingerprint density at radius 2 is 1.62 bits per heavy atom. The van der Waals surface area contributed by atoms with E-state index in [2.05, 4.69) is 15.0 Å². The van der Waals surface area contributed by atoms with Crippen molar-refractivity contribution in [2.45, 2.75) is 6.92 Å². The largest absolute Gasteiger partial charge is 0.244 e. The van der Waals surface area contributed by atoms with Crippen molar-refractivity contribution in [1.82, 2.24) is 15.0 Å². The molecule has 0 spiro atoms. The van der Waals surface area contributed by atoms with E-state index >= 15 is 0 Å². The molecule has 0 fully saturated rings.